The lowest BCUT2D eigenvalue weighted by atomic mass is 9.85. The molecule has 1 fully saturated rings. The molecule has 1 aliphatic heterocycles. The van der Waals surface area contributed by atoms with E-state index >= 15 is 0 Å². The van der Waals surface area contributed by atoms with Crippen molar-refractivity contribution in [2.45, 2.75) is 33.1 Å². The van der Waals surface area contributed by atoms with Crippen molar-refractivity contribution in [1.82, 2.24) is 14.8 Å². The van der Waals surface area contributed by atoms with Gasteiger partial charge in [0.25, 0.3) is 11.8 Å². The molecule has 142 valence electrons. The van der Waals surface area contributed by atoms with Gasteiger partial charge in [0.1, 0.15) is 5.69 Å². The average Bonchev–Trinajstić information content (AvgIpc) is 2.67. The van der Waals surface area contributed by atoms with Crippen molar-refractivity contribution in [3.63, 3.8) is 0 Å². The number of hydrogen-bond acceptors (Lipinski definition) is 3. The van der Waals surface area contributed by atoms with E-state index in [0.29, 0.717) is 31.9 Å². The molecule has 5 heteroatoms. The van der Waals surface area contributed by atoms with Crippen molar-refractivity contribution < 1.29 is 9.59 Å². The van der Waals surface area contributed by atoms with Gasteiger partial charge in [-0.1, -0.05) is 39.0 Å². The number of piperazine rings is 1. The summed E-state index contributed by atoms with van der Waals surface area (Å²) in [5, 5.41) is 0. The minimum Gasteiger partial charge on any atom is -0.335 e. The topological polar surface area (TPSA) is 53.5 Å². The van der Waals surface area contributed by atoms with Gasteiger partial charge in [0.05, 0.1) is 0 Å². The van der Waals surface area contributed by atoms with Gasteiger partial charge in [0, 0.05) is 37.9 Å². The monoisotopic (exact) mass is 365 g/mol. The molecule has 3 rings (SSSR count). The molecular weight excluding hydrogens is 338 g/mol. The maximum atomic E-state index is 12.9. The highest BCUT2D eigenvalue weighted by molar-refractivity contribution is 5.96. The van der Waals surface area contributed by atoms with Gasteiger partial charge in [-0.05, 0) is 41.7 Å². The number of amides is 2. The Hall–Kier alpha value is -2.69. The molecule has 2 heterocycles. The summed E-state index contributed by atoms with van der Waals surface area (Å²) in [5.41, 5.74) is 3.48. The molecule has 0 spiro atoms. The first kappa shape index (κ1) is 19.1. The van der Waals surface area contributed by atoms with Gasteiger partial charge in [-0.15, -0.1) is 0 Å². The molecule has 0 atom stereocenters. The molecule has 0 bridgehead atoms. The third-order valence-electron chi connectivity index (χ3n) is 5.06. The lowest BCUT2D eigenvalue weighted by molar-refractivity contribution is 0.0532. The van der Waals surface area contributed by atoms with E-state index in [0.717, 1.165) is 11.1 Å². The van der Waals surface area contributed by atoms with Crippen LogP contribution in [-0.4, -0.2) is 52.8 Å². The molecule has 0 unspecified atom stereocenters. The van der Waals surface area contributed by atoms with Crippen molar-refractivity contribution >= 4 is 11.8 Å². The molecule has 0 N–H and O–H groups in total. The SMILES string of the molecule is Cc1cc(C(C)(C)C)ccc1C(=O)N1CCN(C(=O)c2ccccn2)CC1. The third-order valence-corrected chi connectivity index (χ3v) is 5.06. The molecule has 1 saturated heterocycles. The Labute approximate surface area is 161 Å². The predicted octanol–water partition coefficient (Wildman–Crippen LogP) is 3.29. The van der Waals surface area contributed by atoms with Crippen LogP contribution in [0.2, 0.25) is 0 Å². The Morgan fingerprint density at radius 2 is 1.56 bits per heavy atom. The highest BCUT2D eigenvalue weighted by Gasteiger charge is 2.27. The maximum Gasteiger partial charge on any atom is 0.272 e. The smallest absolute Gasteiger partial charge is 0.272 e. The van der Waals surface area contributed by atoms with Crippen LogP contribution < -0.4 is 0 Å². The summed E-state index contributed by atoms with van der Waals surface area (Å²) < 4.78 is 0. The highest BCUT2D eigenvalue weighted by atomic mass is 16.2. The van der Waals surface area contributed by atoms with E-state index in [9.17, 15) is 9.59 Å². The summed E-state index contributed by atoms with van der Waals surface area (Å²) in [6.45, 7) is 10.6. The number of carbonyl (C=O) groups is 2. The largest absolute Gasteiger partial charge is 0.335 e. The van der Waals surface area contributed by atoms with E-state index in [1.807, 2.05) is 30.0 Å². The second kappa shape index (κ2) is 7.51. The zero-order chi connectivity index (χ0) is 19.6. The molecule has 5 nitrogen and oxygen atoms in total. The van der Waals surface area contributed by atoms with Gasteiger partial charge in [-0.25, -0.2) is 0 Å². The fourth-order valence-electron chi connectivity index (χ4n) is 3.30. The van der Waals surface area contributed by atoms with E-state index in [-0.39, 0.29) is 17.2 Å². The van der Waals surface area contributed by atoms with Gasteiger partial charge >= 0.3 is 0 Å². The van der Waals surface area contributed by atoms with E-state index in [1.54, 1.807) is 23.2 Å². The van der Waals surface area contributed by atoms with Gasteiger partial charge in [0.2, 0.25) is 0 Å². The van der Waals surface area contributed by atoms with Gasteiger partial charge in [-0.2, -0.15) is 0 Å². The van der Waals surface area contributed by atoms with Crippen LogP contribution in [0.1, 0.15) is 52.7 Å². The Morgan fingerprint density at radius 3 is 2.07 bits per heavy atom. The number of aryl methyl sites for hydroxylation is 1. The molecule has 27 heavy (non-hydrogen) atoms. The number of benzene rings is 1. The fraction of sp³-hybridized carbons (Fsp3) is 0.409. The standard InChI is InChI=1S/C22H27N3O2/c1-16-15-17(22(2,3)4)8-9-18(16)20(26)24-11-13-25(14-12-24)21(27)19-7-5-6-10-23-19/h5-10,15H,11-14H2,1-4H3. The van der Waals surface area contributed by atoms with Crippen molar-refractivity contribution in [2.75, 3.05) is 26.2 Å². The van der Waals surface area contributed by atoms with Gasteiger partial charge in [-0.3, -0.25) is 14.6 Å². The molecule has 0 aliphatic carbocycles. The van der Waals surface area contributed by atoms with Crippen LogP contribution in [0.3, 0.4) is 0 Å². The normalized spacial score (nSPS) is 15.0. The summed E-state index contributed by atoms with van der Waals surface area (Å²) in [5.74, 6) is -0.0358. The number of nitrogens with zero attached hydrogens (tertiary/aromatic N) is 3. The van der Waals surface area contributed by atoms with Crippen molar-refractivity contribution in [1.29, 1.82) is 0 Å². The summed E-state index contributed by atoms with van der Waals surface area (Å²) in [7, 11) is 0. The number of carbonyl (C=O) groups excluding carboxylic acids is 2. The van der Waals surface area contributed by atoms with Crippen LogP contribution in [-0.2, 0) is 5.41 Å². The number of pyridine rings is 1. The Balaban J connectivity index is 1.66. The number of aromatic nitrogens is 1. The van der Waals surface area contributed by atoms with Gasteiger partial charge < -0.3 is 9.80 Å². The van der Waals surface area contributed by atoms with Crippen molar-refractivity contribution in [2.24, 2.45) is 0 Å². The van der Waals surface area contributed by atoms with Crippen LogP contribution in [0.4, 0.5) is 0 Å². The first-order valence-corrected chi connectivity index (χ1v) is 9.38. The second-order valence-electron chi connectivity index (χ2n) is 8.08. The molecule has 0 radical (unpaired) electrons. The lowest BCUT2D eigenvalue weighted by Crippen LogP contribution is -2.50. The lowest BCUT2D eigenvalue weighted by Gasteiger charge is -2.35. The maximum absolute atomic E-state index is 12.9. The Kier molecular flexibility index (Phi) is 5.31. The summed E-state index contributed by atoms with van der Waals surface area (Å²) >= 11 is 0. The molecular formula is C22H27N3O2. The zero-order valence-electron chi connectivity index (χ0n) is 16.5. The number of rotatable bonds is 2. The van der Waals surface area contributed by atoms with Crippen molar-refractivity contribution in [3.05, 3.63) is 65.0 Å². The van der Waals surface area contributed by atoms with Gasteiger partial charge in [0.15, 0.2) is 0 Å². The van der Waals surface area contributed by atoms with Crippen LogP contribution in [0.25, 0.3) is 0 Å². The average molecular weight is 365 g/mol. The molecule has 1 aliphatic rings. The number of hydrogen-bond donors (Lipinski definition) is 0. The molecule has 0 saturated carbocycles. The third kappa shape index (κ3) is 4.18. The van der Waals surface area contributed by atoms with Crippen LogP contribution >= 0.6 is 0 Å². The predicted molar refractivity (Wildman–Crippen MR) is 106 cm³/mol. The highest BCUT2D eigenvalue weighted by Crippen LogP contribution is 2.25. The van der Waals surface area contributed by atoms with Crippen molar-refractivity contribution in [3.8, 4) is 0 Å². The van der Waals surface area contributed by atoms with Crippen LogP contribution in [0, 0.1) is 6.92 Å². The van der Waals surface area contributed by atoms with E-state index in [2.05, 4.69) is 31.8 Å². The molecule has 2 aromatic rings. The summed E-state index contributed by atoms with van der Waals surface area (Å²) in [6.07, 6.45) is 1.62. The first-order valence-electron chi connectivity index (χ1n) is 9.38. The first-order chi connectivity index (χ1) is 12.8. The summed E-state index contributed by atoms with van der Waals surface area (Å²) in [6, 6.07) is 11.4. The van der Waals surface area contributed by atoms with Crippen LogP contribution in [0.5, 0.6) is 0 Å². The molecule has 1 aromatic heterocycles. The molecule has 2 amide bonds. The minimum atomic E-state index is -0.0755. The van der Waals surface area contributed by atoms with E-state index in [1.165, 1.54) is 5.56 Å². The van der Waals surface area contributed by atoms with Crippen LogP contribution in [0.15, 0.2) is 42.6 Å². The fourth-order valence-corrected chi connectivity index (χ4v) is 3.30. The van der Waals surface area contributed by atoms with E-state index < -0.39 is 0 Å². The minimum absolute atomic E-state index is 0.0397. The Bertz CT molecular complexity index is 832. The molecule has 1 aromatic carbocycles. The van der Waals surface area contributed by atoms with E-state index in [4.69, 9.17) is 0 Å². The second-order valence-corrected chi connectivity index (χ2v) is 8.08. The zero-order valence-corrected chi connectivity index (χ0v) is 16.5. The quantitative estimate of drug-likeness (QED) is 0.821. The Morgan fingerprint density at radius 1 is 0.926 bits per heavy atom. The summed E-state index contributed by atoms with van der Waals surface area (Å²) in [4.78, 5) is 33.2.